The first-order valence-corrected chi connectivity index (χ1v) is 6.31. The molecular formula is C13H15F3N2O2. The van der Waals surface area contributed by atoms with Gasteiger partial charge < -0.3 is 15.4 Å². The Kier molecular flexibility index (Phi) is 4.36. The molecule has 20 heavy (non-hydrogen) atoms. The molecule has 1 aliphatic rings. The number of halogens is 3. The number of hydrogen-bond donors (Lipinski definition) is 2. The Labute approximate surface area is 114 Å². The molecule has 1 aromatic rings. The third kappa shape index (κ3) is 5.38. The van der Waals surface area contributed by atoms with E-state index < -0.39 is 6.36 Å². The topological polar surface area (TPSA) is 50.4 Å². The summed E-state index contributed by atoms with van der Waals surface area (Å²) >= 11 is 0. The molecule has 1 aliphatic carbocycles. The molecule has 0 heterocycles. The molecule has 0 aromatic heterocycles. The second-order valence-corrected chi connectivity index (χ2v) is 4.59. The molecule has 110 valence electrons. The highest BCUT2D eigenvalue weighted by Crippen LogP contribution is 2.25. The number of carbonyl (C=O) groups excluding carboxylic acids is 1. The van der Waals surface area contributed by atoms with Crippen LogP contribution in [0.15, 0.2) is 24.3 Å². The van der Waals surface area contributed by atoms with Gasteiger partial charge in [0.25, 0.3) is 0 Å². The first kappa shape index (κ1) is 14.5. The highest BCUT2D eigenvalue weighted by Gasteiger charge is 2.31. The van der Waals surface area contributed by atoms with E-state index in [4.69, 9.17) is 0 Å². The highest BCUT2D eigenvalue weighted by atomic mass is 19.4. The number of alkyl halides is 3. The predicted molar refractivity (Wildman–Crippen MR) is 67.4 cm³/mol. The van der Waals surface area contributed by atoms with Crippen molar-refractivity contribution >= 4 is 11.6 Å². The largest absolute Gasteiger partial charge is 0.573 e. The van der Waals surface area contributed by atoms with E-state index >= 15 is 0 Å². The average molecular weight is 288 g/mol. The Bertz CT molecular complexity index is 473. The number of rotatable bonds is 6. The Morgan fingerprint density at radius 1 is 1.35 bits per heavy atom. The predicted octanol–water partition coefficient (Wildman–Crippen LogP) is 2.67. The maximum absolute atomic E-state index is 12.1. The Morgan fingerprint density at radius 3 is 2.75 bits per heavy atom. The summed E-state index contributed by atoms with van der Waals surface area (Å²) in [6.07, 6.45) is -2.38. The molecule has 7 heteroatoms. The lowest BCUT2D eigenvalue weighted by atomic mass is 10.3. The minimum absolute atomic E-state index is 0.0531. The van der Waals surface area contributed by atoms with E-state index in [0.717, 1.165) is 12.8 Å². The van der Waals surface area contributed by atoms with Crippen LogP contribution in [-0.2, 0) is 4.79 Å². The van der Waals surface area contributed by atoms with Crippen LogP contribution in [0.5, 0.6) is 5.75 Å². The molecule has 0 bridgehead atoms. The van der Waals surface area contributed by atoms with Crippen LogP contribution < -0.4 is 15.4 Å². The van der Waals surface area contributed by atoms with Gasteiger partial charge >= 0.3 is 6.36 Å². The van der Waals surface area contributed by atoms with Crippen LogP contribution in [0.1, 0.15) is 19.3 Å². The fourth-order valence-electron chi connectivity index (χ4n) is 1.65. The van der Waals surface area contributed by atoms with Crippen molar-refractivity contribution in [1.29, 1.82) is 0 Å². The summed E-state index contributed by atoms with van der Waals surface area (Å²) in [7, 11) is 0. The number of benzene rings is 1. The average Bonchev–Trinajstić information content (AvgIpc) is 3.11. The van der Waals surface area contributed by atoms with Crippen molar-refractivity contribution in [2.75, 3.05) is 11.9 Å². The molecule has 1 amide bonds. The van der Waals surface area contributed by atoms with Gasteiger partial charge in [0.2, 0.25) is 5.91 Å². The fourth-order valence-corrected chi connectivity index (χ4v) is 1.65. The van der Waals surface area contributed by atoms with E-state index in [1.165, 1.54) is 18.2 Å². The lowest BCUT2D eigenvalue weighted by molar-refractivity contribution is -0.274. The van der Waals surface area contributed by atoms with E-state index in [9.17, 15) is 18.0 Å². The molecule has 0 saturated heterocycles. The zero-order valence-electron chi connectivity index (χ0n) is 10.7. The summed E-state index contributed by atoms with van der Waals surface area (Å²) < 4.78 is 40.0. The molecule has 0 spiro atoms. The third-order valence-electron chi connectivity index (χ3n) is 2.69. The van der Waals surface area contributed by atoms with E-state index in [1.807, 2.05) is 0 Å². The normalized spacial score (nSPS) is 14.8. The molecule has 0 atom stereocenters. The number of hydrogen-bond acceptors (Lipinski definition) is 3. The van der Waals surface area contributed by atoms with Crippen LogP contribution in [0.25, 0.3) is 0 Å². The van der Waals surface area contributed by atoms with E-state index in [0.29, 0.717) is 18.3 Å². The van der Waals surface area contributed by atoms with Gasteiger partial charge in [0.05, 0.1) is 0 Å². The molecule has 1 aromatic carbocycles. The van der Waals surface area contributed by atoms with Crippen LogP contribution in [0.3, 0.4) is 0 Å². The van der Waals surface area contributed by atoms with E-state index in [2.05, 4.69) is 15.4 Å². The number of amides is 1. The second-order valence-electron chi connectivity index (χ2n) is 4.59. The molecule has 1 saturated carbocycles. The monoisotopic (exact) mass is 288 g/mol. The van der Waals surface area contributed by atoms with Gasteiger partial charge in [-0.2, -0.15) is 0 Å². The van der Waals surface area contributed by atoms with Crippen molar-refractivity contribution in [3.8, 4) is 5.75 Å². The van der Waals surface area contributed by atoms with Crippen LogP contribution in [-0.4, -0.2) is 24.9 Å². The minimum atomic E-state index is -4.71. The molecule has 2 rings (SSSR count). The summed E-state index contributed by atoms with van der Waals surface area (Å²) in [5.74, 6) is -0.340. The van der Waals surface area contributed by atoms with Gasteiger partial charge in [-0.1, -0.05) is 6.07 Å². The first-order chi connectivity index (χ1) is 9.42. The molecule has 0 unspecified atom stereocenters. The Hall–Kier alpha value is -1.92. The first-order valence-electron chi connectivity index (χ1n) is 6.31. The van der Waals surface area contributed by atoms with Crippen molar-refractivity contribution in [2.24, 2.45) is 0 Å². The third-order valence-corrected chi connectivity index (χ3v) is 2.69. The molecule has 0 radical (unpaired) electrons. The van der Waals surface area contributed by atoms with E-state index in [1.54, 1.807) is 6.07 Å². The van der Waals surface area contributed by atoms with Gasteiger partial charge in [-0.3, -0.25) is 4.79 Å². The number of nitrogens with one attached hydrogen (secondary N) is 2. The zero-order chi connectivity index (χ0) is 14.6. The van der Waals surface area contributed by atoms with Crippen molar-refractivity contribution in [1.82, 2.24) is 5.32 Å². The standard InChI is InChI=1S/C13H15F3N2O2/c14-13(15,16)20-11-3-1-2-10(8-11)17-7-6-12(19)18-9-4-5-9/h1-3,8-9,17H,4-7H2,(H,18,19). The quantitative estimate of drug-likeness (QED) is 0.846. The van der Waals surface area contributed by atoms with Gasteiger partial charge in [-0.05, 0) is 25.0 Å². The van der Waals surface area contributed by atoms with Crippen molar-refractivity contribution in [3.05, 3.63) is 24.3 Å². The van der Waals surface area contributed by atoms with Gasteiger partial charge in [-0.15, -0.1) is 13.2 Å². The van der Waals surface area contributed by atoms with Crippen LogP contribution in [0.4, 0.5) is 18.9 Å². The summed E-state index contributed by atoms with van der Waals surface area (Å²) in [5.41, 5.74) is 0.478. The SMILES string of the molecule is O=C(CCNc1cccc(OC(F)(F)F)c1)NC1CC1. The fraction of sp³-hybridized carbons (Fsp3) is 0.462. The number of anilines is 1. The smallest absolute Gasteiger partial charge is 0.406 e. The highest BCUT2D eigenvalue weighted by molar-refractivity contribution is 5.77. The zero-order valence-corrected chi connectivity index (χ0v) is 10.7. The van der Waals surface area contributed by atoms with Gasteiger partial charge in [0, 0.05) is 30.8 Å². The van der Waals surface area contributed by atoms with Gasteiger partial charge in [0.1, 0.15) is 5.75 Å². The van der Waals surface area contributed by atoms with Crippen LogP contribution in [0.2, 0.25) is 0 Å². The Balaban J connectivity index is 1.77. The maximum Gasteiger partial charge on any atom is 0.573 e. The summed E-state index contributed by atoms with van der Waals surface area (Å²) in [6, 6.07) is 5.84. The molecule has 4 nitrogen and oxygen atoms in total. The summed E-state index contributed by atoms with van der Waals surface area (Å²) in [6.45, 7) is 0.355. The molecule has 0 aliphatic heterocycles. The van der Waals surface area contributed by atoms with Crippen molar-refractivity contribution in [2.45, 2.75) is 31.7 Å². The van der Waals surface area contributed by atoms with Gasteiger partial charge in [0.15, 0.2) is 0 Å². The van der Waals surface area contributed by atoms with Gasteiger partial charge in [-0.25, -0.2) is 0 Å². The summed E-state index contributed by atoms with van der Waals surface area (Å²) in [5, 5.41) is 5.72. The molecule has 1 fully saturated rings. The Morgan fingerprint density at radius 2 is 2.10 bits per heavy atom. The molecular weight excluding hydrogens is 273 g/mol. The van der Waals surface area contributed by atoms with Crippen molar-refractivity contribution in [3.63, 3.8) is 0 Å². The minimum Gasteiger partial charge on any atom is -0.406 e. The molecule has 2 N–H and O–H groups in total. The lowest BCUT2D eigenvalue weighted by Crippen LogP contribution is -2.27. The van der Waals surface area contributed by atoms with Crippen LogP contribution in [0, 0.1) is 0 Å². The maximum atomic E-state index is 12.1. The second kappa shape index (κ2) is 6.02. The lowest BCUT2D eigenvalue weighted by Gasteiger charge is -2.11. The number of carbonyl (C=O) groups is 1. The van der Waals surface area contributed by atoms with Crippen LogP contribution >= 0.6 is 0 Å². The van der Waals surface area contributed by atoms with Crippen molar-refractivity contribution < 1.29 is 22.7 Å². The summed E-state index contributed by atoms with van der Waals surface area (Å²) in [4.78, 5) is 11.4. The van der Waals surface area contributed by atoms with E-state index in [-0.39, 0.29) is 18.1 Å². The number of ether oxygens (including phenoxy) is 1.